The third-order valence-electron chi connectivity index (χ3n) is 6.21. The van der Waals surface area contributed by atoms with Crippen LogP contribution in [0.3, 0.4) is 0 Å². The van der Waals surface area contributed by atoms with Gasteiger partial charge in [-0.2, -0.15) is 4.99 Å². The highest BCUT2D eigenvalue weighted by molar-refractivity contribution is 6.07. The van der Waals surface area contributed by atoms with Crippen molar-refractivity contribution in [1.82, 2.24) is 0 Å². The van der Waals surface area contributed by atoms with E-state index in [4.69, 9.17) is 22.2 Å². The fraction of sp³-hybridized carbons (Fsp3) is 0.550. The van der Waals surface area contributed by atoms with E-state index in [9.17, 15) is 4.79 Å². The lowest BCUT2D eigenvalue weighted by Gasteiger charge is -2.47. The first kappa shape index (κ1) is 18.6. The molecule has 4 rings (SSSR count). The van der Waals surface area contributed by atoms with Crippen LogP contribution >= 0.6 is 0 Å². The van der Waals surface area contributed by atoms with Gasteiger partial charge in [0.05, 0.1) is 11.4 Å². The molecule has 8 nitrogen and oxygen atoms in total. The number of piperidine rings is 1. The van der Waals surface area contributed by atoms with Crippen LogP contribution < -0.4 is 27.0 Å². The molecular formula is C20H29N7O. The molecule has 8 heteroatoms. The van der Waals surface area contributed by atoms with Gasteiger partial charge in [-0.05, 0) is 50.7 Å². The topological polar surface area (TPSA) is 126 Å². The van der Waals surface area contributed by atoms with Gasteiger partial charge in [-0.25, -0.2) is 4.99 Å². The lowest BCUT2D eigenvalue weighted by molar-refractivity contribution is -0.122. The van der Waals surface area contributed by atoms with Crippen molar-refractivity contribution in [3.63, 3.8) is 0 Å². The van der Waals surface area contributed by atoms with E-state index in [0.717, 1.165) is 63.0 Å². The normalized spacial score (nSPS) is 22.7. The summed E-state index contributed by atoms with van der Waals surface area (Å²) in [5, 5.41) is 0. The number of carbonyl (C=O) groups excluding carboxylic acids is 1. The van der Waals surface area contributed by atoms with Crippen molar-refractivity contribution >= 4 is 29.2 Å². The molecule has 28 heavy (non-hydrogen) atoms. The Labute approximate surface area is 165 Å². The molecule has 2 aliphatic heterocycles. The minimum Gasteiger partial charge on any atom is -0.370 e. The number of rotatable bonds is 3. The van der Waals surface area contributed by atoms with E-state index >= 15 is 0 Å². The highest BCUT2D eigenvalue weighted by atomic mass is 16.1. The fourth-order valence-electron chi connectivity index (χ4n) is 4.80. The van der Waals surface area contributed by atoms with Gasteiger partial charge in [0.2, 0.25) is 17.8 Å². The maximum Gasteiger partial charge on any atom is 0.220 e. The second-order valence-corrected chi connectivity index (χ2v) is 7.97. The van der Waals surface area contributed by atoms with Gasteiger partial charge in [-0.3, -0.25) is 9.69 Å². The van der Waals surface area contributed by atoms with Crippen LogP contribution in [-0.4, -0.2) is 36.6 Å². The Morgan fingerprint density at radius 2 is 1.68 bits per heavy atom. The zero-order valence-electron chi connectivity index (χ0n) is 16.2. The van der Waals surface area contributed by atoms with Gasteiger partial charge >= 0.3 is 0 Å². The molecule has 2 heterocycles. The molecule has 0 radical (unpaired) electrons. The number of hydrogen-bond donors (Lipinski definition) is 3. The van der Waals surface area contributed by atoms with Crippen molar-refractivity contribution in [2.75, 3.05) is 22.9 Å². The molecule has 1 aromatic rings. The monoisotopic (exact) mass is 383 g/mol. The van der Waals surface area contributed by atoms with Crippen LogP contribution in [0.2, 0.25) is 0 Å². The smallest absolute Gasteiger partial charge is 0.220 e. The summed E-state index contributed by atoms with van der Waals surface area (Å²) >= 11 is 0. The van der Waals surface area contributed by atoms with Crippen molar-refractivity contribution in [3.05, 3.63) is 24.3 Å². The second-order valence-electron chi connectivity index (χ2n) is 7.97. The standard InChI is InChI=1S/C20H29N7O/c21-17(28)14-8-12-26(13-9-14)15-6-2-3-7-16(15)27-19(23)24-18(22)25-20(27)10-4-1-5-11-20/h2-3,6-7,14H,1,4-5,8-13H2,(H2,21,28)(H4,22,23,24,25). The van der Waals surface area contributed by atoms with E-state index in [1.165, 1.54) is 6.42 Å². The molecule has 1 spiro atoms. The minimum absolute atomic E-state index is 0.0425. The number of carbonyl (C=O) groups is 1. The Kier molecular flexibility index (Phi) is 4.87. The summed E-state index contributed by atoms with van der Waals surface area (Å²) in [6.07, 6.45) is 6.72. The van der Waals surface area contributed by atoms with E-state index in [1.54, 1.807) is 0 Å². The van der Waals surface area contributed by atoms with Gasteiger partial charge in [-0.1, -0.05) is 18.6 Å². The van der Waals surface area contributed by atoms with Crippen LogP contribution in [0.15, 0.2) is 34.3 Å². The van der Waals surface area contributed by atoms with Crippen LogP contribution in [0.1, 0.15) is 44.9 Å². The van der Waals surface area contributed by atoms with Crippen LogP contribution in [0.25, 0.3) is 0 Å². The predicted molar refractivity (Wildman–Crippen MR) is 112 cm³/mol. The predicted octanol–water partition coefficient (Wildman–Crippen LogP) is 1.50. The highest BCUT2D eigenvalue weighted by Gasteiger charge is 2.43. The number of primary amides is 1. The molecule has 1 aromatic carbocycles. The molecule has 0 unspecified atom stereocenters. The van der Waals surface area contributed by atoms with Gasteiger partial charge < -0.3 is 22.1 Å². The Balaban J connectivity index is 1.69. The van der Waals surface area contributed by atoms with E-state index in [0.29, 0.717) is 5.96 Å². The number of benzene rings is 1. The zero-order valence-corrected chi connectivity index (χ0v) is 16.2. The molecule has 2 fully saturated rings. The number of hydrogen-bond acceptors (Lipinski definition) is 7. The quantitative estimate of drug-likeness (QED) is 0.729. The number of amides is 1. The Bertz CT molecular complexity index is 805. The maximum atomic E-state index is 11.5. The van der Waals surface area contributed by atoms with Crippen LogP contribution in [0.4, 0.5) is 11.4 Å². The molecule has 0 atom stereocenters. The Morgan fingerprint density at radius 3 is 2.32 bits per heavy atom. The third-order valence-corrected chi connectivity index (χ3v) is 6.21. The number of para-hydroxylation sites is 2. The highest BCUT2D eigenvalue weighted by Crippen LogP contribution is 2.43. The lowest BCUT2D eigenvalue weighted by atomic mass is 9.87. The van der Waals surface area contributed by atoms with Crippen molar-refractivity contribution < 1.29 is 4.79 Å². The molecule has 1 aliphatic carbocycles. The first-order valence-electron chi connectivity index (χ1n) is 10.1. The summed E-state index contributed by atoms with van der Waals surface area (Å²) in [4.78, 5) is 25.0. The summed E-state index contributed by atoms with van der Waals surface area (Å²) in [7, 11) is 0. The largest absolute Gasteiger partial charge is 0.370 e. The number of anilines is 2. The number of guanidine groups is 2. The Morgan fingerprint density at radius 1 is 1.04 bits per heavy atom. The molecular weight excluding hydrogens is 354 g/mol. The molecule has 150 valence electrons. The first-order valence-corrected chi connectivity index (χ1v) is 10.1. The maximum absolute atomic E-state index is 11.5. The summed E-state index contributed by atoms with van der Waals surface area (Å²) in [6, 6.07) is 8.22. The van der Waals surface area contributed by atoms with Crippen molar-refractivity contribution in [1.29, 1.82) is 0 Å². The van der Waals surface area contributed by atoms with Gasteiger partial charge in [0.1, 0.15) is 5.66 Å². The molecule has 1 amide bonds. The van der Waals surface area contributed by atoms with Crippen LogP contribution in [0.5, 0.6) is 0 Å². The van der Waals surface area contributed by atoms with E-state index in [1.807, 2.05) is 12.1 Å². The average molecular weight is 384 g/mol. The minimum atomic E-state index is -0.462. The molecule has 3 aliphatic rings. The number of nitrogens with two attached hydrogens (primary N) is 3. The van der Waals surface area contributed by atoms with Gasteiger partial charge in [-0.15, -0.1) is 0 Å². The average Bonchev–Trinajstić information content (AvgIpc) is 2.68. The van der Waals surface area contributed by atoms with E-state index in [-0.39, 0.29) is 17.8 Å². The summed E-state index contributed by atoms with van der Waals surface area (Å²) in [6.45, 7) is 1.57. The van der Waals surface area contributed by atoms with Gasteiger partial charge in [0.25, 0.3) is 0 Å². The second kappa shape index (κ2) is 7.33. The van der Waals surface area contributed by atoms with Gasteiger partial charge in [0.15, 0.2) is 0 Å². The lowest BCUT2D eigenvalue weighted by Crippen LogP contribution is -2.58. The zero-order chi connectivity index (χ0) is 19.7. The van der Waals surface area contributed by atoms with Crippen LogP contribution in [0, 0.1) is 5.92 Å². The van der Waals surface area contributed by atoms with Crippen LogP contribution in [-0.2, 0) is 4.79 Å². The SMILES string of the molecule is NC(=O)C1CCN(c2ccccc2N2C(N)=NC(N)=NC23CCCCC3)CC1. The van der Waals surface area contributed by atoms with Crippen molar-refractivity contribution in [2.45, 2.75) is 50.6 Å². The molecule has 0 aromatic heterocycles. The fourth-order valence-corrected chi connectivity index (χ4v) is 4.80. The first-order chi connectivity index (χ1) is 13.5. The molecule has 1 saturated carbocycles. The third kappa shape index (κ3) is 3.27. The van der Waals surface area contributed by atoms with Gasteiger partial charge in [0, 0.05) is 19.0 Å². The number of nitrogens with zero attached hydrogens (tertiary/aromatic N) is 4. The summed E-state index contributed by atoms with van der Waals surface area (Å²) < 4.78 is 0. The molecule has 0 bridgehead atoms. The van der Waals surface area contributed by atoms with E-state index < -0.39 is 5.66 Å². The van der Waals surface area contributed by atoms with Crippen molar-refractivity contribution in [2.24, 2.45) is 33.1 Å². The number of aliphatic imine (C=N–C) groups is 2. The Hall–Kier alpha value is -2.77. The summed E-state index contributed by atoms with van der Waals surface area (Å²) in [5.74, 6) is 0.412. The summed E-state index contributed by atoms with van der Waals surface area (Å²) in [5.41, 5.74) is 19.5. The molecule has 1 saturated heterocycles. The van der Waals surface area contributed by atoms with Crippen molar-refractivity contribution in [3.8, 4) is 0 Å². The molecule has 6 N–H and O–H groups in total. The van der Waals surface area contributed by atoms with E-state index in [2.05, 4.69) is 26.9 Å².